The summed E-state index contributed by atoms with van der Waals surface area (Å²) in [5.74, 6) is 0.777. The molecular formula is C16H21N5O3. The Morgan fingerprint density at radius 3 is 2.50 bits per heavy atom. The molecule has 1 aliphatic carbocycles. The monoisotopic (exact) mass is 331 g/mol. The normalized spacial score (nSPS) is 15.5. The van der Waals surface area contributed by atoms with Crippen molar-refractivity contribution < 1.29 is 4.92 Å². The molecule has 1 fully saturated rings. The molecule has 1 heterocycles. The van der Waals surface area contributed by atoms with E-state index in [0.717, 1.165) is 18.8 Å². The van der Waals surface area contributed by atoms with Gasteiger partial charge in [0.15, 0.2) is 0 Å². The van der Waals surface area contributed by atoms with Gasteiger partial charge in [0.05, 0.1) is 10.6 Å². The lowest BCUT2D eigenvalue weighted by Crippen LogP contribution is -2.24. The minimum absolute atomic E-state index is 0.0216. The second-order valence-electron chi connectivity index (χ2n) is 6.32. The van der Waals surface area contributed by atoms with Crippen LogP contribution in [0.15, 0.2) is 29.1 Å². The molecule has 0 atom stereocenters. The number of nitrogens with zero attached hydrogens (tertiary/aromatic N) is 5. The van der Waals surface area contributed by atoms with Crippen molar-refractivity contribution in [2.75, 3.05) is 0 Å². The number of nitro groups is 1. The minimum atomic E-state index is -0.478. The first-order valence-electron chi connectivity index (χ1n) is 8.43. The molecule has 0 spiro atoms. The highest BCUT2D eigenvalue weighted by Gasteiger charge is 2.14. The summed E-state index contributed by atoms with van der Waals surface area (Å²) in [6.07, 6.45) is 8.62. The predicted molar refractivity (Wildman–Crippen MR) is 88.1 cm³/mol. The predicted octanol–water partition coefficient (Wildman–Crippen LogP) is 2.70. The van der Waals surface area contributed by atoms with Gasteiger partial charge in [-0.05, 0) is 41.3 Å². The number of non-ortho nitro benzene ring substituents is 1. The first-order chi connectivity index (χ1) is 11.6. The number of hydrogen-bond donors (Lipinski definition) is 0. The van der Waals surface area contributed by atoms with Crippen molar-refractivity contribution in [3.05, 3.63) is 44.9 Å². The van der Waals surface area contributed by atoms with Gasteiger partial charge < -0.3 is 0 Å². The van der Waals surface area contributed by atoms with Crippen molar-refractivity contribution >= 4 is 5.69 Å². The molecule has 8 heteroatoms. The number of tetrazole rings is 1. The number of aryl methyl sites for hydroxylation is 1. The van der Waals surface area contributed by atoms with E-state index < -0.39 is 4.92 Å². The van der Waals surface area contributed by atoms with Gasteiger partial charge in [-0.1, -0.05) is 32.1 Å². The van der Waals surface area contributed by atoms with Crippen molar-refractivity contribution in [2.24, 2.45) is 5.92 Å². The van der Waals surface area contributed by atoms with E-state index in [1.54, 1.807) is 0 Å². The van der Waals surface area contributed by atoms with Crippen LogP contribution in [0.25, 0.3) is 5.69 Å². The maximum atomic E-state index is 12.3. The second-order valence-corrected chi connectivity index (χ2v) is 6.32. The largest absolute Gasteiger partial charge is 0.368 e. The maximum Gasteiger partial charge on any atom is 0.368 e. The lowest BCUT2D eigenvalue weighted by Gasteiger charge is -2.20. The highest BCUT2D eigenvalue weighted by Crippen LogP contribution is 2.27. The molecule has 1 aromatic heterocycles. The highest BCUT2D eigenvalue weighted by molar-refractivity contribution is 5.39. The third-order valence-electron chi connectivity index (χ3n) is 4.65. The topological polar surface area (TPSA) is 95.8 Å². The van der Waals surface area contributed by atoms with Crippen LogP contribution in [0.2, 0.25) is 0 Å². The Morgan fingerprint density at radius 1 is 1.12 bits per heavy atom. The Bertz CT molecular complexity index is 744. The van der Waals surface area contributed by atoms with Gasteiger partial charge in [-0.25, -0.2) is 4.79 Å². The summed E-state index contributed by atoms with van der Waals surface area (Å²) in [7, 11) is 0. The summed E-state index contributed by atoms with van der Waals surface area (Å²) in [5, 5.41) is 18.5. The minimum Gasteiger partial charge on any atom is -0.258 e. The number of hydrogen-bond acceptors (Lipinski definition) is 5. The van der Waals surface area contributed by atoms with Gasteiger partial charge in [0, 0.05) is 18.7 Å². The first-order valence-corrected chi connectivity index (χ1v) is 8.43. The molecule has 0 saturated heterocycles. The van der Waals surface area contributed by atoms with Crippen molar-refractivity contribution in [1.82, 2.24) is 19.8 Å². The zero-order chi connectivity index (χ0) is 16.9. The summed E-state index contributed by atoms with van der Waals surface area (Å²) in [6.45, 7) is 0.558. The van der Waals surface area contributed by atoms with Gasteiger partial charge in [0.25, 0.3) is 5.69 Å². The summed E-state index contributed by atoms with van der Waals surface area (Å²) in [6, 6.07) is 5.70. The molecule has 2 aromatic rings. The Labute approximate surface area is 139 Å². The van der Waals surface area contributed by atoms with Crippen LogP contribution >= 0.6 is 0 Å². The molecule has 8 nitrogen and oxygen atoms in total. The molecule has 0 aliphatic heterocycles. The lowest BCUT2D eigenvalue weighted by molar-refractivity contribution is -0.384. The van der Waals surface area contributed by atoms with Crippen LogP contribution in [0, 0.1) is 16.0 Å². The average molecular weight is 331 g/mol. The van der Waals surface area contributed by atoms with Gasteiger partial charge in [-0.15, -0.1) is 0 Å². The van der Waals surface area contributed by atoms with E-state index in [2.05, 4.69) is 10.4 Å². The Hall–Kier alpha value is -2.51. The van der Waals surface area contributed by atoms with Crippen LogP contribution in [-0.4, -0.2) is 24.7 Å². The van der Waals surface area contributed by atoms with Gasteiger partial charge in [-0.3, -0.25) is 10.1 Å². The van der Waals surface area contributed by atoms with Gasteiger partial charge in [-0.2, -0.15) is 9.36 Å². The lowest BCUT2D eigenvalue weighted by atomic mass is 9.86. The molecule has 1 saturated carbocycles. The summed E-state index contributed by atoms with van der Waals surface area (Å²) in [5.41, 5.74) is 0.142. The fourth-order valence-electron chi connectivity index (χ4n) is 3.30. The number of aromatic nitrogens is 4. The van der Waals surface area contributed by atoms with E-state index in [0.29, 0.717) is 12.2 Å². The molecule has 3 rings (SSSR count). The second kappa shape index (κ2) is 7.37. The van der Waals surface area contributed by atoms with Crippen molar-refractivity contribution in [1.29, 1.82) is 0 Å². The zero-order valence-corrected chi connectivity index (χ0v) is 13.5. The fourth-order valence-corrected chi connectivity index (χ4v) is 3.30. The molecule has 0 bridgehead atoms. The molecule has 24 heavy (non-hydrogen) atoms. The van der Waals surface area contributed by atoms with E-state index in [4.69, 9.17) is 0 Å². The average Bonchev–Trinajstić information content (AvgIpc) is 2.97. The Kier molecular flexibility index (Phi) is 5.02. The van der Waals surface area contributed by atoms with E-state index in [9.17, 15) is 14.9 Å². The van der Waals surface area contributed by atoms with E-state index in [1.807, 2.05) is 0 Å². The summed E-state index contributed by atoms with van der Waals surface area (Å²) < 4.78 is 2.54. The van der Waals surface area contributed by atoms with Crippen LogP contribution in [0.1, 0.15) is 44.9 Å². The molecule has 0 amide bonds. The first kappa shape index (κ1) is 16.4. The standard InChI is InChI=1S/C16H21N5O3/c22-16-19(12-4-7-13-5-2-1-3-6-13)17-18-20(16)14-8-10-15(11-9-14)21(23)24/h8-11,13H,1-7,12H2. The van der Waals surface area contributed by atoms with Crippen LogP contribution in [0.5, 0.6) is 0 Å². The Balaban J connectivity index is 1.62. The molecule has 128 valence electrons. The summed E-state index contributed by atoms with van der Waals surface area (Å²) >= 11 is 0. The van der Waals surface area contributed by atoms with E-state index >= 15 is 0 Å². The van der Waals surface area contributed by atoms with Crippen molar-refractivity contribution in [2.45, 2.75) is 51.5 Å². The Morgan fingerprint density at radius 2 is 1.83 bits per heavy atom. The number of nitro benzene ring substituents is 1. The molecular weight excluding hydrogens is 310 g/mol. The maximum absolute atomic E-state index is 12.3. The molecule has 0 unspecified atom stereocenters. The zero-order valence-electron chi connectivity index (χ0n) is 13.5. The SMILES string of the molecule is O=c1n(CCCC2CCCCC2)nnn1-c1ccc([N+](=O)[O-])cc1. The number of benzene rings is 1. The highest BCUT2D eigenvalue weighted by atomic mass is 16.6. The van der Waals surface area contributed by atoms with Crippen molar-refractivity contribution in [3.63, 3.8) is 0 Å². The third kappa shape index (κ3) is 3.69. The van der Waals surface area contributed by atoms with Gasteiger partial charge in [0.2, 0.25) is 0 Å². The van der Waals surface area contributed by atoms with E-state index in [-0.39, 0.29) is 11.4 Å². The fraction of sp³-hybridized carbons (Fsp3) is 0.562. The number of rotatable bonds is 6. The van der Waals surface area contributed by atoms with Gasteiger partial charge in [0.1, 0.15) is 0 Å². The quantitative estimate of drug-likeness (QED) is 0.599. The van der Waals surface area contributed by atoms with Crippen LogP contribution in [0.4, 0.5) is 5.69 Å². The molecule has 0 N–H and O–H groups in total. The van der Waals surface area contributed by atoms with Crippen molar-refractivity contribution in [3.8, 4) is 5.69 Å². The molecule has 1 aliphatic rings. The smallest absolute Gasteiger partial charge is 0.258 e. The molecule has 0 radical (unpaired) electrons. The van der Waals surface area contributed by atoms with Crippen LogP contribution in [0.3, 0.4) is 0 Å². The molecule has 1 aromatic carbocycles. The third-order valence-corrected chi connectivity index (χ3v) is 4.65. The van der Waals surface area contributed by atoms with E-state index in [1.165, 1.54) is 65.7 Å². The van der Waals surface area contributed by atoms with Gasteiger partial charge >= 0.3 is 5.69 Å². The summed E-state index contributed by atoms with van der Waals surface area (Å²) in [4.78, 5) is 22.5. The van der Waals surface area contributed by atoms with Crippen LogP contribution < -0.4 is 5.69 Å². The van der Waals surface area contributed by atoms with Crippen LogP contribution in [-0.2, 0) is 6.54 Å².